The Labute approximate surface area is 127 Å². The van der Waals surface area contributed by atoms with Gasteiger partial charge in [0.05, 0.1) is 0 Å². The number of hydrogen-bond acceptors (Lipinski definition) is 3. The number of para-hydroxylation sites is 1. The summed E-state index contributed by atoms with van der Waals surface area (Å²) in [6.07, 6.45) is 0. The van der Waals surface area contributed by atoms with Gasteiger partial charge in [-0.05, 0) is 35.7 Å². The third kappa shape index (κ3) is 2.95. The van der Waals surface area contributed by atoms with Crippen molar-refractivity contribution in [3.8, 4) is 10.4 Å². The third-order valence-corrected chi connectivity index (χ3v) is 4.01. The molecule has 21 heavy (non-hydrogen) atoms. The number of amides is 1. The summed E-state index contributed by atoms with van der Waals surface area (Å²) in [6, 6.07) is 18.8. The minimum atomic E-state index is -0.161. The summed E-state index contributed by atoms with van der Waals surface area (Å²) in [7, 11) is 0. The lowest BCUT2D eigenvalue weighted by Crippen LogP contribution is -2.12. The highest BCUT2D eigenvalue weighted by Crippen LogP contribution is 2.31. The van der Waals surface area contributed by atoms with Gasteiger partial charge in [-0.1, -0.05) is 30.3 Å². The second kappa shape index (κ2) is 5.81. The molecular formula is C17H14N2OS. The van der Waals surface area contributed by atoms with Gasteiger partial charge >= 0.3 is 0 Å². The molecule has 3 nitrogen and oxygen atoms in total. The number of rotatable bonds is 3. The fourth-order valence-corrected chi connectivity index (χ4v) is 2.88. The Bertz CT molecular complexity index is 766. The Balaban J connectivity index is 1.90. The zero-order valence-electron chi connectivity index (χ0n) is 11.2. The summed E-state index contributed by atoms with van der Waals surface area (Å²) < 4.78 is 0. The highest BCUT2D eigenvalue weighted by atomic mass is 32.1. The van der Waals surface area contributed by atoms with Crippen molar-refractivity contribution in [1.82, 2.24) is 0 Å². The van der Waals surface area contributed by atoms with Gasteiger partial charge in [-0.2, -0.15) is 0 Å². The highest BCUT2D eigenvalue weighted by Gasteiger charge is 2.10. The predicted octanol–water partition coefficient (Wildman–Crippen LogP) is 4.25. The van der Waals surface area contributed by atoms with Crippen LogP contribution in [0.2, 0.25) is 0 Å². The van der Waals surface area contributed by atoms with Crippen LogP contribution < -0.4 is 11.1 Å². The summed E-state index contributed by atoms with van der Waals surface area (Å²) in [5.41, 5.74) is 8.67. The molecular weight excluding hydrogens is 280 g/mol. The van der Waals surface area contributed by atoms with Gasteiger partial charge in [0.1, 0.15) is 0 Å². The fourth-order valence-electron chi connectivity index (χ4n) is 2.11. The maximum atomic E-state index is 12.3. The van der Waals surface area contributed by atoms with Crippen LogP contribution in [0.25, 0.3) is 10.4 Å². The molecule has 1 amide bonds. The van der Waals surface area contributed by atoms with E-state index in [0.717, 1.165) is 16.1 Å². The molecule has 0 saturated heterocycles. The molecule has 0 atom stereocenters. The van der Waals surface area contributed by atoms with Gasteiger partial charge in [0, 0.05) is 27.4 Å². The number of benzene rings is 2. The molecule has 0 aliphatic rings. The number of carbonyl (C=O) groups is 1. The average Bonchev–Trinajstić information content (AvgIpc) is 3.02. The number of anilines is 2. The number of carbonyl (C=O) groups excluding carboxylic acids is 1. The maximum absolute atomic E-state index is 12.3. The summed E-state index contributed by atoms with van der Waals surface area (Å²) in [5.74, 6) is -0.161. The number of nitrogen functional groups attached to an aromatic ring is 1. The van der Waals surface area contributed by atoms with Crippen molar-refractivity contribution < 1.29 is 4.79 Å². The van der Waals surface area contributed by atoms with E-state index in [1.807, 2.05) is 41.8 Å². The van der Waals surface area contributed by atoms with E-state index in [1.54, 1.807) is 35.6 Å². The van der Waals surface area contributed by atoms with Gasteiger partial charge in [0.25, 0.3) is 5.91 Å². The topological polar surface area (TPSA) is 55.1 Å². The Hall–Kier alpha value is -2.59. The smallest absolute Gasteiger partial charge is 0.255 e. The maximum Gasteiger partial charge on any atom is 0.255 e. The third-order valence-electron chi connectivity index (χ3n) is 3.11. The normalized spacial score (nSPS) is 10.3. The van der Waals surface area contributed by atoms with E-state index in [-0.39, 0.29) is 5.91 Å². The van der Waals surface area contributed by atoms with E-state index in [4.69, 9.17) is 5.73 Å². The Kier molecular flexibility index (Phi) is 3.71. The molecule has 1 aromatic heterocycles. The summed E-state index contributed by atoms with van der Waals surface area (Å²) in [6.45, 7) is 0. The minimum Gasteiger partial charge on any atom is -0.399 e. The zero-order chi connectivity index (χ0) is 14.7. The average molecular weight is 294 g/mol. The summed E-state index contributed by atoms with van der Waals surface area (Å²) in [4.78, 5) is 13.4. The minimum absolute atomic E-state index is 0.161. The Morgan fingerprint density at radius 1 is 1.00 bits per heavy atom. The molecule has 3 aromatic rings. The predicted molar refractivity (Wildman–Crippen MR) is 88.6 cm³/mol. The number of nitrogens with two attached hydrogens (primary N) is 1. The lowest BCUT2D eigenvalue weighted by Gasteiger charge is -2.10. The van der Waals surface area contributed by atoms with Gasteiger partial charge in [0.15, 0.2) is 0 Å². The van der Waals surface area contributed by atoms with E-state index in [0.29, 0.717) is 11.3 Å². The molecule has 0 bridgehead atoms. The summed E-state index contributed by atoms with van der Waals surface area (Å²) >= 11 is 1.64. The van der Waals surface area contributed by atoms with Crippen LogP contribution in [0.3, 0.4) is 0 Å². The molecule has 3 N–H and O–H groups in total. The largest absolute Gasteiger partial charge is 0.399 e. The van der Waals surface area contributed by atoms with Crippen LogP contribution in [-0.4, -0.2) is 5.91 Å². The van der Waals surface area contributed by atoms with Crippen LogP contribution in [0, 0.1) is 0 Å². The molecule has 2 aromatic carbocycles. The molecule has 0 radical (unpaired) electrons. The van der Waals surface area contributed by atoms with Crippen LogP contribution in [-0.2, 0) is 0 Å². The van der Waals surface area contributed by atoms with E-state index in [1.165, 1.54) is 0 Å². The van der Waals surface area contributed by atoms with Crippen molar-refractivity contribution in [2.24, 2.45) is 0 Å². The lowest BCUT2D eigenvalue weighted by atomic mass is 10.1. The van der Waals surface area contributed by atoms with Crippen LogP contribution in [0.15, 0.2) is 66.0 Å². The molecule has 104 valence electrons. The first kappa shape index (κ1) is 13.4. The van der Waals surface area contributed by atoms with Crippen molar-refractivity contribution in [2.45, 2.75) is 0 Å². The van der Waals surface area contributed by atoms with Gasteiger partial charge in [0.2, 0.25) is 0 Å². The van der Waals surface area contributed by atoms with Crippen molar-refractivity contribution >= 4 is 28.6 Å². The van der Waals surface area contributed by atoms with E-state index < -0.39 is 0 Å². The Morgan fingerprint density at radius 2 is 1.86 bits per heavy atom. The molecule has 3 rings (SSSR count). The van der Waals surface area contributed by atoms with Crippen LogP contribution in [0.4, 0.5) is 11.4 Å². The molecule has 1 heterocycles. The monoisotopic (exact) mass is 294 g/mol. The number of nitrogens with one attached hydrogen (secondary N) is 1. The second-order valence-corrected chi connectivity index (χ2v) is 5.55. The van der Waals surface area contributed by atoms with Crippen molar-refractivity contribution in [3.63, 3.8) is 0 Å². The highest BCUT2D eigenvalue weighted by molar-refractivity contribution is 7.13. The molecule has 0 aliphatic carbocycles. The number of hydrogen-bond donors (Lipinski definition) is 2. The van der Waals surface area contributed by atoms with Gasteiger partial charge in [-0.15, -0.1) is 11.3 Å². The quantitative estimate of drug-likeness (QED) is 0.709. The number of thiophene rings is 1. The van der Waals surface area contributed by atoms with Crippen LogP contribution >= 0.6 is 11.3 Å². The zero-order valence-corrected chi connectivity index (χ0v) is 12.1. The van der Waals surface area contributed by atoms with E-state index in [2.05, 4.69) is 5.32 Å². The summed E-state index contributed by atoms with van der Waals surface area (Å²) in [5, 5.41) is 4.97. The second-order valence-electron chi connectivity index (χ2n) is 4.60. The molecule has 0 unspecified atom stereocenters. The fraction of sp³-hybridized carbons (Fsp3) is 0. The molecule has 4 heteroatoms. The van der Waals surface area contributed by atoms with Crippen LogP contribution in [0.5, 0.6) is 0 Å². The van der Waals surface area contributed by atoms with Gasteiger partial charge in [-0.3, -0.25) is 4.79 Å². The first-order valence-corrected chi connectivity index (χ1v) is 7.42. The SMILES string of the molecule is Nc1cccc(C(=O)Nc2ccccc2-c2cccs2)c1. The molecule has 0 aliphatic heterocycles. The standard InChI is InChI=1S/C17H14N2OS/c18-13-6-3-5-12(11-13)17(20)19-15-8-2-1-7-14(15)16-9-4-10-21-16/h1-11H,18H2,(H,19,20). The molecule has 0 saturated carbocycles. The first-order chi connectivity index (χ1) is 10.2. The lowest BCUT2D eigenvalue weighted by molar-refractivity contribution is 0.102. The van der Waals surface area contributed by atoms with Crippen molar-refractivity contribution in [3.05, 3.63) is 71.6 Å². The van der Waals surface area contributed by atoms with Crippen LogP contribution in [0.1, 0.15) is 10.4 Å². The van der Waals surface area contributed by atoms with E-state index in [9.17, 15) is 4.79 Å². The van der Waals surface area contributed by atoms with Gasteiger partial charge < -0.3 is 11.1 Å². The van der Waals surface area contributed by atoms with Crippen molar-refractivity contribution in [1.29, 1.82) is 0 Å². The van der Waals surface area contributed by atoms with Crippen molar-refractivity contribution in [2.75, 3.05) is 11.1 Å². The van der Waals surface area contributed by atoms with Gasteiger partial charge in [-0.25, -0.2) is 0 Å². The molecule has 0 fully saturated rings. The van der Waals surface area contributed by atoms with E-state index >= 15 is 0 Å². The first-order valence-electron chi connectivity index (χ1n) is 6.54. The Morgan fingerprint density at radius 3 is 2.62 bits per heavy atom. The molecule has 0 spiro atoms.